The standard InChI is InChI=1S/C19H21ClN2O3S/c1-14(15-4-8-17(20)9-5-15)21-19(23)16-6-10-18(11-7-16)26(24,25)22-12-2-3-13-22/h4-11,14H,2-3,12-13H2,1H3,(H,21,23). The number of amides is 1. The van der Waals surface area contributed by atoms with E-state index in [0.717, 1.165) is 18.4 Å². The van der Waals surface area contributed by atoms with Crippen LogP contribution in [0.2, 0.25) is 5.02 Å². The van der Waals surface area contributed by atoms with E-state index in [2.05, 4.69) is 5.32 Å². The van der Waals surface area contributed by atoms with Crippen molar-refractivity contribution in [3.05, 3.63) is 64.7 Å². The predicted octanol–water partition coefficient (Wildman–Crippen LogP) is 3.62. The SMILES string of the molecule is CC(NC(=O)c1ccc(S(=O)(=O)N2CCCC2)cc1)c1ccc(Cl)cc1. The largest absolute Gasteiger partial charge is 0.346 e. The maximum absolute atomic E-state index is 12.5. The zero-order valence-electron chi connectivity index (χ0n) is 14.5. The molecule has 1 heterocycles. The van der Waals surface area contributed by atoms with Crippen LogP contribution in [0.15, 0.2) is 53.4 Å². The molecular weight excluding hydrogens is 372 g/mol. The van der Waals surface area contributed by atoms with Gasteiger partial charge in [-0.1, -0.05) is 23.7 Å². The molecule has 2 aromatic carbocycles. The molecule has 0 aliphatic carbocycles. The van der Waals surface area contributed by atoms with Crippen LogP contribution in [0.1, 0.15) is 41.7 Å². The highest BCUT2D eigenvalue weighted by atomic mass is 35.5. The Balaban J connectivity index is 1.69. The minimum absolute atomic E-state index is 0.187. The third kappa shape index (κ3) is 4.09. The van der Waals surface area contributed by atoms with Gasteiger partial charge in [-0.15, -0.1) is 0 Å². The summed E-state index contributed by atoms with van der Waals surface area (Å²) in [6.45, 7) is 3.00. The summed E-state index contributed by atoms with van der Waals surface area (Å²) in [5, 5.41) is 3.54. The van der Waals surface area contributed by atoms with Gasteiger partial charge < -0.3 is 5.32 Å². The molecule has 1 aliphatic heterocycles. The molecule has 0 spiro atoms. The molecule has 1 atom stereocenters. The molecule has 138 valence electrons. The molecule has 1 aliphatic rings. The van der Waals surface area contributed by atoms with Crippen molar-refractivity contribution in [1.82, 2.24) is 9.62 Å². The van der Waals surface area contributed by atoms with Crippen molar-refractivity contribution < 1.29 is 13.2 Å². The molecule has 5 nitrogen and oxygen atoms in total. The van der Waals surface area contributed by atoms with Gasteiger partial charge in [-0.05, 0) is 61.7 Å². The lowest BCUT2D eigenvalue weighted by Crippen LogP contribution is -2.28. The van der Waals surface area contributed by atoms with Crippen molar-refractivity contribution >= 4 is 27.5 Å². The van der Waals surface area contributed by atoms with E-state index in [1.165, 1.54) is 16.4 Å². The van der Waals surface area contributed by atoms with E-state index in [-0.39, 0.29) is 16.8 Å². The number of hydrogen-bond donors (Lipinski definition) is 1. The summed E-state index contributed by atoms with van der Waals surface area (Å²) in [4.78, 5) is 12.6. The number of carbonyl (C=O) groups excluding carboxylic acids is 1. The topological polar surface area (TPSA) is 66.5 Å². The van der Waals surface area contributed by atoms with Crippen LogP contribution in [-0.2, 0) is 10.0 Å². The Morgan fingerprint density at radius 2 is 1.62 bits per heavy atom. The summed E-state index contributed by atoms with van der Waals surface area (Å²) in [7, 11) is -3.46. The molecule has 26 heavy (non-hydrogen) atoms. The van der Waals surface area contributed by atoms with Gasteiger partial charge in [-0.2, -0.15) is 4.31 Å². The van der Waals surface area contributed by atoms with Crippen molar-refractivity contribution in [3.63, 3.8) is 0 Å². The van der Waals surface area contributed by atoms with Crippen LogP contribution >= 0.6 is 11.6 Å². The first-order valence-corrected chi connectivity index (χ1v) is 10.4. The summed E-state index contributed by atoms with van der Waals surface area (Å²) >= 11 is 5.88. The zero-order valence-corrected chi connectivity index (χ0v) is 16.1. The second-order valence-electron chi connectivity index (χ2n) is 6.38. The highest BCUT2D eigenvalue weighted by molar-refractivity contribution is 7.89. The smallest absolute Gasteiger partial charge is 0.251 e. The third-order valence-corrected chi connectivity index (χ3v) is 6.70. The zero-order chi connectivity index (χ0) is 18.7. The molecule has 0 radical (unpaired) electrons. The number of nitrogens with zero attached hydrogens (tertiary/aromatic N) is 1. The van der Waals surface area contributed by atoms with Gasteiger partial charge in [0.05, 0.1) is 10.9 Å². The number of hydrogen-bond acceptors (Lipinski definition) is 3. The highest BCUT2D eigenvalue weighted by Crippen LogP contribution is 2.21. The summed E-state index contributed by atoms with van der Waals surface area (Å²) in [5.41, 5.74) is 1.36. The summed E-state index contributed by atoms with van der Waals surface area (Å²) in [6.07, 6.45) is 1.78. The Kier molecular flexibility index (Phi) is 5.65. The summed E-state index contributed by atoms with van der Waals surface area (Å²) in [6, 6.07) is 13.2. The first-order valence-electron chi connectivity index (χ1n) is 8.54. The predicted molar refractivity (Wildman–Crippen MR) is 102 cm³/mol. The number of rotatable bonds is 5. The van der Waals surface area contributed by atoms with Gasteiger partial charge in [0.1, 0.15) is 0 Å². The second kappa shape index (κ2) is 7.78. The van der Waals surface area contributed by atoms with E-state index in [0.29, 0.717) is 23.7 Å². The number of nitrogens with one attached hydrogen (secondary N) is 1. The molecule has 2 aromatic rings. The number of sulfonamides is 1. The molecule has 1 amide bonds. The van der Waals surface area contributed by atoms with Crippen LogP contribution < -0.4 is 5.32 Å². The summed E-state index contributed by atoms with van der Waals surface area (Å²) < 4.78 is 26.5. The minimum atomic E-state index is -3.46. The van der Waals surface area contributed by atoms with E-state index in [4.69, 9.17) is 11.6 Å². The number of carbonyl (C=O) groups is 1. The van der Waals surface area contributed by atoms with E-state index in [1.54, 1.807) is 24.3 Å². The van der Waals surface area contributed by atoms with Gasteiger partial charge in [0, 0.05) is 23.7 Å². The quantitative estimate of drug-likeness (QED) is 0.845. The van der Waals surface area contributed by atoms with E-state index in [1.807, 2.05) is 19.1 Å². The fourth-order valence-corrected chi connectivity index (χ4v) is 4.61. The number of benzene rings is 2. The van der Waals surface area contributed by atoms with E-state index in [9.17, 15) is 13.2 Å². The van der Waals surface area contributed by atoms with Gasteiger partial charge in [0.15, 0.2) is 0 Å². The van der Waals surface area contributed by atoms with Gasteiger partial charge >= 0.3 is 0 Å². The van der Waals surface area contributed by atoms with Crippen LogP contribution in [0.5, 0.6) is 0 Å². The first-order chi connectivity index (χ1) is 12.4. The van der Waals surface area contributed by atoms with Gasteiger partial charge in [-0.25, -0.2) is 8.42 Å². The molecule has 0 bridgehead atoms. The average Bonchev–Trinajstić information content (AvgIpc) is 3.18. The lowest BCUT2D eigenvalue weighted by molar-refractivity contribution is 0.0940. The van der Waals surface area contributed by atoms with Crippen LogP contribution in [0.25, 0.3) is 0 Å². The van der Waals surface area contributed by atoms with Gasteiger partial charge in [-0.3, -0.25) is 4.79 Å². The molecule has 1 N–H and O–H groups in total. The monoisotopic (exact) mass is 392 g/mol. The Bertz CT molecular complexity index is 874. The normalized spacial score (nSPS) is 16.4. The fourth-order valence-electron chi connectivity index (χ4n) is 2.97. The molecule has 3 rings (SSSR count). The second-order valence-corrected chi connectivity index (χ2v) is 8.76. The maximum atomic E-state index is 12.5. The Morgan fingerprint density at radius 3 is 2.19 bits per heavy atom. The molecule has 1 fully saturated rings. The van der Waals surface area contributed by atoms with Gasteiger partial charge in [0.2, 0.25) is 10.0 Å². The minimum Gasteiger partial charge on any atom is -0.346 e. The van der Waals surface area contributed by atoms with Crippen LogP contribution in [0.4, 0.5) is 0 Å². The van der Waals surface area contributed by atoms with Crippen molar-refractivity contribution in [2.24, 2.45) is 0 Å². The van der Waals surface area contributed by atoms with Crippen molar-refractivity contribution in [2.75, 3.05) is 13.1 Å². The molecule has 0 aromatic heterocycles. The first kappa shape index (κ1) is 18.9. The maximum Gasteiger partial charge on any atom is 0.251 e. The Morgan fingerprint density at radius 1 is 1.04 bits per heavy atom. The van der Waals surface area contributed by atoms with Crippen LogP contribution in [0.3, 0.4) is 0 Å². The Hall–Kier alpha value is -1.89. The highest BCUT2D eigenvalue weighted by Gasteiger charge is 2.27. The average molecular weight is 393 g/mol. The fraction of sp³-hybridized carbons (Fsp3) is 0.316. The third-order valence-electron chi connectivity index (χ3n) is 4.54. The molecule has 1 unspecified atom stereocenters. The van der Waals surface area contributed by atoms with Crippen molar-refractivity contribution in [2.45, 2.75) is 30.7 Å². The molecular formula is C19H21ClN2O3S. The van der Waals surface area contributed by atoms with Crippen molar-refractivity contribution in [3.8, 4) is 0 Å². The van der Waals surface area contributed by atoms with Crippen LogP contribution in [0, 0.1) is 0 Å². The Labute approximate surface area is 159 Å². The summed E-state index contributed by atoms with van der Waals surface area (Å²) in [5.74, 6) is -0.252. The van der Waals surface area contributed by atoms with Gasteiger partial charge in [0.25, 0.3) is 5.91 Å². The van der Waals surface area contributed by atoms with Crippen LogP contribution in [-0.4, -0.2) is 31.7 Å². The molecule has 1 saturated heterocycles. The van der Waals surface area contributed by atoms with E-state index >= 15 is 0 Å². The lowest BCUT2D eigenvalue weighted by Gasteiger charge is -2.16. The van der Waals surface area contributed by atoms with E-state index < -0.39 is 10.0 Å². The molecule has 0 saturated carbocycles. The lowest BCUT2D eigenvalue weighted by atomic mass is 10.1. The molecule has 7 heteroatoms. The number of halogens is 1. The van der Waals surface area contributed by atoms with Crippen molar-refractivity contribution in [1.29, 1.82) is 0 Å².